The molecule has 0 saturated heterocycles. The highest BCUT2D eigenvalue weighted by Gasteiger charge is 2.08. The van der Waals surface area contributed by atoms with Gasteiger partial charge in [0.1, 0.15) is 5.75 Å². The molecule has 19 heavy (non-hydrogen) atoms. The number of aromatic hydroxyl groups is 1. The quantitative estimate of drug-likeness (QED) is 0.790. The Labute approximate surface area is 115 Å². The number of rotatable bonds is 2. The minimum atomic E-state index is 0.285. The second-order valence-electron chi connectivity index (χ2n) is 4.00. The van der Waals surface area contributed by atoms with Gasteiger partial charge in [0.15, 0.2) is 0 Å². The van der Waals surface area contributed by atoms with Gasteiger partial charge in [0, 0.05) is 24.4 Å². The van der Waals surface area contributed by atoms with Crippen molar-refractivity contribution in [3.63, 3.8) is 0 Å². The molecule has 0 heterocycles. The van der Waals surface area contributed by atoms with Crippen molar-refractivity contribution in [3.8, 4) is 16.9 Å². The second kappa shape index (κ2) is 7.37. The van der Waals surface area contributed by atoms with E-state index >= 15 is 0 Å². The molecule has 0 aliphatic heterocycles. The summed E-state index contributed by atoms with van der Waals surface area (Å²) in [5.41, 5.74) is 3.72. The van der Waals surface area contributed by atoms with E-state index in [0.717, 1.165) is 22.3 Å². The van der Waals surface area contributed by atoms with E-state index in [-0.39, 0.29) is 5.75 Å². The highest BCUT2D eigenvalue weighted by atomic mass is 16.3. The number of hydrogen-bond acceptors (Lipinski definition) is 2. The number of aliphatic imine (C=N–C) groups is 1. The van der Waals surface area contributed by atoms with Crippen LogP contribution in [0.2, 0.25) is 0 Å². The van der Waals surface area contributed by atoms with Crippen LogP contribution in [0.25, 0.3) is 11.1 Å². The van der Waals surface area contributed by atoms with Crippen molar-refractivity contribution in [3.05, 3.63) is 53.6 Å². The molecule has 0 fully saturated rings. The number of phenolic OH excluding ortho intramolecular Hbond substituents is 1. The molecule has 0 aromatic heterocycles. The Morgan fingerprint density at radius 1 is 1.05 bits per heavy atom. The fourth-order valence-electron chi connectivity index (χ4n) is 1.88. The summed E-state index contributed by atoms with van der Waals surface area (Å²) < 4.78 is 0. The van der Waals surface area contributed by atoms with Crippen molar-refractivity contribution < 1.29 is 5.11 Å². The highest BCUT2D eigenvalue weighted by Crippen LogP contribution is 2.32. The number of nitrogens with zero attached hydrogens (tertiary/aromatic N) is 1. The normalized spacial score (nSPS) is 10.1. The zero-order valence-electron chi connectivity index (χ0n) is 12.0. The molecular weight excluding hydrogens is 234 g/mol. The number of hydrogen-bond donors (Lipinski definition) is 1. The summed E-state index contributed by atoms with van der Waals surface area (Å²) in [6.07, 6.45) is 1.68. The SMILES string of the molecule is CC.CN=Cc1cc(C)cc(-c2ccccc2)c1O. The molecule has 1 N–H and O–H groups in total. The van der Waals surface area contributed by atoms with Gasteiger partial charge in [0.25, 0.3) is 0 Å². The van der Waals surface area contributed by atoms with Crippen LogP contribution in [0.15, 0.2) is 47.5 Å². The number of aryl methyl sites for hydroxylation is 1. The molecule has 0 saturated carbocycles. The van der Waals surface area contributed by atoms with E-state index in [1.54, 1.807) is 13.3 Å². The Hall–Kier alpha value is -2.09. The van der Waals surface area contributed by atoms with Crippen LogP contribution >= 0.6 is 0 Å². The first kappa shape index (κ1) is 15.0. The summed E-state index contributed by atoms with van der Waals surface area (Å²) in [6.45, 7) is 6.01. The second-order valence-corrected chi connectivity index (χ2v) is 4.00. The molecular formula is C17H21NO. The maximum Gasteiger partial charge on any atom is 0.132 e. The Bertz CT molecular complexity index is 545. The van der Waals surface area contributed by atoms with Crippen molar-refractivity contribution in [1.29, 1.82) is 0 Å². The van der Waals surface area contributed by atoms with Crippen LogP contribution in [-0.2, 0) is 0 Å². The van der Waals surface area contributed by atoms with Crippen molar-refractivity contribution in [2.75, 3.05) is 7.05 Å². The first-order chi connectivity index (χ1) is 9.22. The van der Waals surface area contributed by atoms with Gasteiger partial charge in [-0.15, -0.1) is 0 Å². The lowest BCUT2D eigenvalue weighted by molar-refractivity contribution is 0.476. The third-order valence-electron chi connectivity index (χ3n) is 2.64. The molecule has 2 rings (SSSR count). The van der Waals surface area contributed by atoms with Gasteiger partial charge < -0.3 is 5.11 Å². The van der Waals surface area contributed by atoms with E-state index in [1.165, 1.54) is 0 Å². The van der Waals surface area contributed by atoms with Gasteiger partial charge in [-0.2, -0.15) is 0 Å². The van der Waals surface area contributed by atoms with E-state index in [9.17, 15) is 5.11 Å². The van der Waals surface area contributed by atoms with Crippen molar-refractivity contribution >= 4 is 6.21 Å². The molecule has 2 aromatic rings. The van der Waals surface area contributed by atoms with Gasteiger partial charge >= 0.3 is 0 Å². The van der Waals surface area contributed by atoms with Crippen LogP contribution in [0.5, 0.6) is 5.75 Å². The summed E-state index contributed by atoms with van der Waals surface area (Å²) in [5, 5.41) is 10.2. The molecule has 0 bridgehead atoms. The molecule has 0 amide bonds. The maximum absolute atomic E-state index is 10.2. The largest absolute Gasteiger partial charge is 0.507 e. The van der Waals surface area contributed by atoms with Crippen LogP contribution in [-0.4, -0.2) is 18.4 Å². The fourth-order valence-corrected chi connectivity index (χ4v) is 1.88. The zero-order valence-corrected chi connectivity index (χ0v) is 12.0. The van der Waals surface area contributed by atoms with Crippen LogP contribution in [0, 0.1) is 6.92 Å². The Morgan fingerprint density at radius 3 is 2.26 bits per heavy atom. The smallest absolute Gasteiger partial charge is 0.132 e. The highest BCUT2D eigenvalue weighted by molar-refractivity contribution is 5.89. The lowest BCUT2D eigenvalue weighted by Crippen LogP contribution is -1.89. The molecule has 0 aliphatic rings. The predicted molar refractivity (Wildman–Crippen MR) is 83.1 cm³/mol. The van der Waals surface area contributed by atoms with Crippen LogP contribution in [0.4, 0.5) is 0 Å². The minimum Gasteiger partial charge on any atom is -0.507 e. The standard InChI is InChI=1S/C15H15NO.C2H6/c1-11-8-13(10-16-2)15(17)14(9-11)12-6-4-3-5-7-12;1-2/h3-10,17H,1-2H3;1-2H3. The Balaban J connectivity index is 0.000000861. The molecule has 0 atom stereocenters. The van der Waals surface area contributed by atoms with E-state index in [2.05, 4.69) is 4.99 Å². The monoisotopic (exact) mass is 255 g/mol. The molecule has 2 aromatic carbocycles. The number of benzene rings is 2. The van der Waals surface area contributed by atoms with E-state index < -0.39 is 0 Å². The average Bonchev–Trinajstić information content (AvgIpc) is 2.46. The van der Waals surface area contributed by atoms with E-state index in [1.807, 2.05) is 63.2 Å². The van der Waals surface area contributed by atoms with Crippen LogP contribution in [0.1, 0.15) is 25.0 Å². The summed E-state index contributed by atoms with van der Waals surface area (Å²) >= 11 is 0. The molecule has 0 spiro atoms. The topological polar surface area (TPSA) is 32.6 Å². The molecule has 0 aliphatic carbocycles. The Morgan fingerprint density at radius 2 is 1.68 bits per heavy atom. The first-order valence-electron chi connectivity index (χ1n) is 6.53. The molecule has 0 unspecified atom stereocenters. The van der Waals surface area contributed by atoms with Gasteiger partial charge in [0.05, 0.1) is 0 Å². The third-order valence-corrected chi connectivity index (χ3v) is 2.64. The maximum atomic E-state index is 10.2. The van der Waals surface area contributed by atoms with Crippen molar-refractivity contribution in [2.45, 2.75) is 20.8 Å². The van der Waals surface area contributed by atoms with Gasteiger partial charge in [-0.05, 0) is 30.2 Å². The lowest BCUT2D eigenvalue weighted by atomic mass is 9.99. The van der Waals surface area contributed by atoms with Gasteiger partial charge in [0.2, 0.25) is 0 Å². The zero-order chi connectivity index (χ0) is 14.3. The molecule has 0 radical (unpaired) electrons. The van der Waals surface area contributed by atoms with Crippen molar-refractivity contribution in [1.82, 2.24) is 0 Å². The fraction of sp³-hybridized carbons (Fsp3) is 0.235. The summed E-state index contributed by atoms with van der Waals surface area (Å²) in [7, 11) is 1.70. The Kier molecular flexibility index (Phi) is 5.80. The van der Waals surface area contributed by atoms with Gasteiger partial charge in [-0.25, -0.2) is 0 Å². The van der Waals surface area contributed by atoms with Crippen LogP contribution in [0.3, 0.4) is 0 Å². The van der Waals surface area contributed by atoms with E-state index in [4.69, 9.17) is 0 Å². The number of phenols is 1. The summed E-state index contributed by atoms with van der Waals surface area (Å²) in [5.74, 6) is 0.285. The third kappa shape index (κ3) is 3.68. The minimum absolute atomic E-state index is 0.285. The predicted octanol–water partition coefficient (Wildman–Crippen LogP) is 4.44. The summed E-state index contributed by atoms with van der Waals surface area (Å²) in [4.78, 5) is 3.96. The summed E-state index contributed by atoms with van der Waals surface area (Å²) in [6, 6.07) is 13.8. The molecule has 2 heteroatoms. The van der Waals surface area contributed by atoms with Crippen molar-refractivity contribution in [2.24, 2.45) is 4.99 Å². The first-order valence-corrected chi connectivity index (χ1v) is 6.53. The van der Waals surface area contributed by atoms with Gasteiger partial charge in [-0.3, -0.25) is 4.99 Å². The average molecular weight is 255 g/mol. The van der Waals surface area contributed by atoms with Gasteiger partial charge in [-0.1, -0.05) is 44.2 Å². The molecule has 2 nitrogen and oxygen atoms in total. The lowest BCUT2D eigenvalue weighted by Gasteiger charge is -2.09. The van der Waals surface area contributed by atoms with E-state index in [0.29, 0.717) is 0 Å². The molecule has 100 valence electrons. The van der Waals surface area contributed by atoms with Crippen LogP contribution < -0.4 is 0 Å².